The van der Waals surface area contributed by atoms with E-state index in [0.29, 0.717) is 5.54 Å². The molecule has 0 aromatic heterocycles. The van der Waals surface area contributed by atoms with Gasteiger partial charge in [-0.3, -0.25) is 0 Å². The van der Waals surface area contributed by atoms with Crippen LogP contribution in [0.4, 0.5) is 0 Å². The van der Waals surface area contributed by atoms with Gasteiger partial charge in [-0.1, -0.05) is 51.5 Å². The van der Waals surface area contributed by atoms with Crippen LogP contribution in [0.15, 0.2) is 12.7 Å². The predicted octanol–water partition coefficient (Wildman–Crippen LogP) is 5.60. The quantitative estimate of drug-likeness (QED) is 0.449. The molecule has 1 saturated heterocycles. The highest BCUT2D eigenvalue weighted by atomic mass is 15.0. The van der Waals surface area contributed by atoms with Crippen LogP contribution in [-0.4, -0.2) is 11.6 Å². The number of allylic oxidation sites excluding steroid dienone is 1. The highest BCUT2D eigenvalue weighted by molar-refractivity contribution is 5.03. The molecule has 1 heteroatoms. The van der Waals surface area contributed by atoms with Crippen molar-refractivity contribution in [2.45, 2.75) is 102 Å². The van der Waals surface area contributed by atoms with Crippen molar-refractivity contribution in [1.29, 1.82) is 0 Å². The second-order valence-electron chi connectivity index (χ2n) is 7.19. The summed E-state index contributed by atoms with van der Waals surface area (Å²) in [4.78, 5) is 0. The monoisotopic (exact) mass is 277 g/mol. The zero-order chi connectivity index (χ0) is 14.3. The Bertz CT molecular complexity index is 285. The lowest BCUT2D eigenvalue weighted by Crippen LogP contribution is -2.59. The number of hydrogen-bond donors (Lipinski definition) is 1. The van der Waals surface area contributed by atoms with E-state index < -0.39 is 0 Å². The molecule has 1 heterocycles. The first-order valence-corrected chi connectivity index (χ1v) is 9.19. The van der Waals surface area contributed by atoms with Gasteiger partial charge in [-0.05, 0) is 50.9 Å². The molecule has 0 radical (unpaired) electrons. The molecule has 3 atom stereocenters. The number of fused-ring (bicyclic) bond motifs is 1. The maximum absolute atomic E-state index is 4.13. The Hall–Kier alpha value is -0.300. The third-order valence-corrected chi connectivity index (χ3v) is 5.76. The molecule has 0 amide bonds. The fraction of sp³-hybridized carbons (Fsp3) is 0.895. The standard InChI is InChI=1S/C19H35N/c1-3-5-7-8-12-18-14-13-17-11-9-10-16-19(17,20-18)15-6-4-2/h4,17-18,20H,2-3,5-16H2,1H3. The van der Waals surface area contributed by atoms with Gasteiger partial charge in [-0.15, -0.1) is 6.58 Å². The predicted molar refractivity (Wildman–Crippen MR) is 89.0 cm³/mol. The normalized spacial score (nSPS) is 33.6. The van der Waals surface area contributed by atoms with Crippen LogP contribution in [0.2, 0.25) is 0 Å². The van der Waals surface area contributed by atoms with Gasteiger partial charge in [0.15, 0.2) is 0 Å². The van der Waals surface area contributed by atoms with Gasteiger partial charge in [0.2, 0.25) is 0 Å². The fourth-order valence-corrected chi connectivity index (χ4v) is 4.60. The van der Waals surface area contributed by atoms with E-state index in [1.54, 1.807) is 0 Å². The van der Waals surface area contributed by atoms with Gasteiger partial charge in [0.05, 0.1) is 0 Å². The van der Waals surface area contributed by atoms with Crippen molar-refractivity contribution in [3.05, 3.63) is 12.7 Å². The minimum absolute atomic E-state index is 0.472. The molecule has 116 valence electrons. The van der Waals surface area contributed by atoms with Crippen molar-refractivity contribution < 1.29 is 0 Å². The van der Waals surface area contributed by atoms with Crippen molar-refractivity contribution in [2.75, 3.05) is 0 Å². The van der Waals surface area contributed by atoms with Gasteiger partial charge in [0.1, 0.15) is 0 Å². The number of nitrogens with one attached hydrogen (secondary N) is 1. The Kier molecular flexibility index (Phi) is 6.61. The topological polar surface area (TPSA) is 12.0 Å². The van der Waals surface area contributed by atoms with Gasteiger partial charge in [0.25, 0.3) is 0 Å². The average molecular weight is 277 g/mol. The lowest BCUT2D eigenvalue weighted by Gasteiger charge is -2.51. The molecule has 2 rings (SSSR count). The number of unbranched alkanes of at least 4 members (excludes halogenated alkanes) is 3. The smallest absolute Gasteiger partial charge is 0.0215 e. The van der Waals surface area contributed by atoms with E-state index in [2.05, 4.69) is 24.9 Å². The summed E-state index contributed by atoms with van der Waals surface area (Å²) in [6.07, 6.45) is 20.3. The molecular weight excluding hydrogens is 242 g/mol. The summed E-state index contributed by atoms with van der Waals surface area (Å²) < 4.78 is 0. The average Bonchev–Trinajstić information content (AvgIpc) is 2.49. The Morgan fingerprint density at radius 1 is 1.15 bits per heavy atom. The maximum Gasteiger partial charge on any atom is 0.0215 e. The molecule has 0 aromatic carbocycles. The summed E-state index contributed by atoms with van der Waals surface area (Å²) in [5.74, 6) is 0.947. The molecule has 1 aliphatic carbocycles. The first-order valence-electron chi connectivity index (χ1n) is 9.19. The Balaban J connectivity index is 1.87. The molecule has 2 aliphatic rings. The molecule has 1 N–H and O–H groups in total. The molecule has 0 spiro atoms. The minimum atomic E-state index is 0.472. The van der Waals surface area contributed by atoms with E-state index in [-0.39, 0.29) is 0 Å². The summed E-state index contributed by atoms with van der Waals surface area (Å²) in [7, 11) is 0. The number of rotatable bonds is 8. The number of piperidine rings is 1. The molecule has 2 fully saturated rings. The van der Waals surface area contributed by atoms with E-state index in [1.165, 1.54) is 83.5 Å². The third kappa shape index (κ3) is 4.10. The highest BCUT2D eigenvalue weighted by Gasteiger charge is 2.43. The lowest BCUT2D eigenvalue weighted by atomic mass is 9.65. The molecular formula is C19H35N. The van der Waals surface area contributed by atoms with E-state index in [4.69, 9.17) is 0 Å². The SMILES string of the molecule is C=CCCC12CCCCC1CCC(CCCCCC)N2. The van der Waals surface area contributed by atoms with Crippen LogP contribution < -0.4 is 5.32 Å². The zero-order valence-electron chi connectivity index (χ0n) is 13.6. The van der Waals surface area contributed by atoms with Gasteiger partial charge >= 0.3 is 0 Å². The first-order chi connectivity index (χ1) is 9.80. The van der Waals surface area contributed by atoms with Crippen LogP contribution in [0.1, 0.15) is 90.4 Å². The fourth-order valence-electron chi connectivity index (χ4n) is 4.60. The third-order valence-electron chi connectivity index (χ3n) is 5.76. The Labute approximate surface area is 126 Å². The van der Waals surface area contributed by atoms with Crippen LogP contribution in [0.5, 0.6) is 0 Å². The van der Waals surface area contributed by atoms with Crippen molar-refractivity contribution in [3.63, 3.8) is 0 Å². The van der Waals surface area contributed by atoms with Crippen molar-refractivity contribution in [3.8, 4) is 0 Å². The molecule has 1 aliphatic heterocycles. The molecule has 0 aromatic rings. The van der Waals surface area contributed by atoms with Crippen molar-refractivity contribution >= 4 is 0 Å². The summed E-state index contributed by atoms with van der Waals surface area (Å²) in [6, 6.07) is 0.797. The summed E-state index contributed by atoms with van der Waals surface area (Å²) in [6.45, 7) is 6.24. The summed E-state index contributed by atoms with van der Waals surface area (Å²) >= 11 is 0. The Morgan fingerprint density at radius 3 is 2.85 bits per heavy atom. The van der Waals surface area contributed by atoms with Crippen LogP contribution in [-0.2, 0) is 0 Å². The molecule has 20 heavy (non-hydrogen) atoms. The van der Waals surface area contributed by atoms with Crippen LogP contribution in [0, 0.1) is 5.92 Å². The molecule has 0 bridgehead atoms. The summed E-state index contributed by atoms with van der Waals surface area (Å²) in [5.41, 5.74) is 0.472. The van der Waals surface area contributed by atoms with Gasteiger partial charge in [-0.2, -0.15) is 0 Å². The van der Waals surface area contributed by atoms with Crippen LogP contribution in [0.3, 0.4) is 0 Å². The second kappa shape index (κ2) is 8.22. The van der Waals surface area contributed by atoms with Gasteiger partial charge in [-0.25, -0.2) is 0 Å². The minimum Gasteiger partial charge on any atom is -0.308 e. The molecule has 3 unspecified atom stereocenters. The van der Waals surface area contributed by atoms with E-state index in [1.807, 2.05) is 0 Å². The zero-order valence-corrected chi connectivity index (χ0v) is 13.6. The number of hydrogen-bond acceptors (Lipinski definition) is 1. The first kappa shape index (κ1) is 16.1. The highest BCUT2D eigenvalue weighted by Crippen LogP contribution is 2.43. The largest absolute Gasteiger partial charge is 0.308 e. The summed E-state index contributed by atoms with van der Waals surface area (Å²) in [5, 5.41) is 4.13. The Morgan fingerprint density at radius 2 is 2.05 bits per heavy atom. The lowest BCUT2D eigenvalue weighted by molar-refractivity contribution is 0.0656. The van der Waals surface area contributed by atoms with Gasteiger partial charge < -0.3 is 5.32 Å². The van der Waals surface area contributed by atoms with Crippen molar-refractivity contribution in [2.24, 2.45) is 5.92 Å². The second-order valence-corrected chi connectivity index (χ2v) is 7.19. The van der Waals surface area contributed by atoms with Crippen molar-refractivity contribution in [1.82, 2.24) is 5.32 Å². The van der Waals surface area contributed by atoms with Crippen LogP contribution >= 0.6 is 0 Å². The molecule has 1 nitrogen and oxygen atoms in total. The van der Waals surface area contributed by atoms with E-state index in [9.17, 15) is 0 Å². The van der Waals surface area contributed by atoms with Gasteiger partial charge in [0, 0.05) is 11.6 Å². The molecule has 1 saturated carbocycles. The van der Waals surface area contributed by atoms with E-state index in [0.717, 1.165) is 12.0 Å². The van der Waals surface area contributed by atoms with E-state index >= 15 is 0 Å². The van der Waals surface area contributed by atoms with Crippen LogP contribution in [0.25, 0.3) is 0 Å². The maximum atomic E-state index is 4.13.